The Hall–Kier alpha value is -2.57. The van der Waals surface area contributed by atoms with Crippen molar-refractivity contribution in [1.29, 1.82) is 0 Å². The number of methoxy groups -OCH3 is 2. The van der Waals surface area contributed by atoms with E-state index in [1.54, 1.807) is 20.3 Å². The standard InChI is InChI=1S/C20H25N3O3/c1-13(16-6-4-5-7-18(16)25-2)23-20(24)14-8-9-17(19(10-14)26-3)15-11-21-22-12-15/h4-10,13,15,21-22H,11-12H2,1-3H3,(H,23,24)/t13-/m0/s1. The Bertz CT molecular complexity index is 773. The fourth-order valence-electron chi connectivity index (χ4n) is 3.25. The monoisotopic (exact) mass is 355 g/mol. The average molecular weight is 355 g/mol. The first-order valence-electron chi connectivity index (χ1n) is 8.71. The number of para-hydroxylation sites is 1. The van der Waals surface area contributed by atoms with Crippen LogP contribution in [0.1, 0.15) is 40.4 Å². The van der Waals surface area contributed by atoms with Gasteiger partial charge in [0.05, 0.1) is 20.3 Å². The summed E-state index contributed by atoms with van der Waals surface area (Å²) in [6.07, 6.45) is 0. The van der Waals surface area contributed by atoms with Crippen molar-refractivity contribution in [2.75, 3.05) is 27.3 Å². The van der Waals surface area contributed by atoms with Gasteiger partial charge in [0.1, 0.15) is 11.5 Å². The van der Waals surface area contributed by atoms with E-state index in [-0.39, 0.29) is 11.9 Å². The van der Waals surface area contributed by atoms with Crippen LogP contribution >= 0.6 is 0 Å². The number of benzene rings is 2. The van der Waals surface area contributed by atoms with Gasteiger partial charge in [-0.05, 0) is 30.7 Å². The van der Waals surface area contributed by atoms with Gasteiger partial charge >= 0.3 is 0 Å². The molecule has 6 nitrogen and oxygen atoms in total. The van der Waals surface area contributed by atoms with Gasteiger partial charge in [0.25, 0.3) is 5.91 Å². The highest BCUT2D eigenvalue weighted by atomic mass is 16.5. The highest BCUT2D eigenvalue weighted by Gasteiger charge is 2.22. The zero-order valence-electron chi connectivity index (χ0n) is 15.3. The lowest BCUT2D eigenvalue weighted by Crippen LogP contribution is -2.27. The summed E-state index contributed by atoms with van der Waals surface area (Å²) in [5.74, 6) is 1.68. The number of carbonyl (C=O) groups is 1. The van der Waals surface area contributed by atoms with Gasteiger partial charge in [-0.2, -0.15) is 0 Å². The van der Waals surface area contributed by atoms with Crippen molar-refractivity contribution in [2.45, 2.75) is 18.9 Å². The number of rotatable bonds is 6. The molecule has 0 saturated carbocycles. The number of nitrogens with one attached hydrogen (secondary N) is 3. The lowest BCUT2D eigenvalue weighted by molar-refractivity contribution is 0.0939. The van der Waals surface area contributed by atoms with E-state index in [1.165, 1.54) is 0 Å². The number of hydrogen-bond donors (Lipinski definition) is 3. The molecular formula is C20H25N3O3. The molecule has 3 N–H and O–H groups in total. The Morgan fingerprint density at radius 2 is 1.77 bits per heavy atom. The molecule has 2 aromatic rings. The predicted octanol–water partition coefficient (Wildman–Crippen LogP) is 2.39. The van der Waals surface area contributed by atoms with Crippen molar-refractivity contribution in [3.63, 3.8) is 0 Å². The molecule has 6 heteroatoms. The summed E-state index contributed by atoms with van der Waals surface area (Å²) in [6.45, 7) is 3.62. The normalized spacial score (nSPS) is 15.5. The number of amides is 1. The van der Waals surface area contributed by atoms with Gasteiger partial charge in [-0.15, -0.1) is 0 Å². The quantitative estimate of drug-likeness (QED) is 0.742. The van der Waals surface area contributed by atoms with Crippen molar-refractivity contribution in [1.82, 2.24) is 16.2 Å². The minimum Gasteiger partial charge on any atom is -0.496 e. The Morgan fingerprint density at radius 1 is 1.08 bits per heavy atom. The van der Waals surface area contributed by atoms with Crippen molar-refractivity contribution >= 4 is 5.91 Å². The van der Waals surface area contributed by atoms with Crippen LogP contribution in [0.3, 0.4) is 0 Å². The largest absolute Gasteiger partial charge is 0.496 e. The molecule has 26 heavy (non-hydrogen) atoms. The van der Waals surface area contributed by atoms with E-state index in [9.17, 15) is 4.79 Å². The van der Waals surface area contributed by atoms with E-state index in [0.717, 1.165) is 35.7 Å². The summed E-state index contributed by atoms with van der Waals surface area (Å²) in [6, 6.07) is 13.1. The molecule has 3 rings (SSSR count). The Balaban J connectivity index is 1.77. The lowest BCUT2D eigenvalue weighted by Gasteiger charge is -2.18. The summed E-state index contributed by atoms with van der Waals surface area (Å²) < 4.78 is 10.9. The van der Waals surface area contributed by atoms with Crippen LogP contribution in [0.2, 0.25) is 0 Å². The molecule has 1 heterocycles. The fraction of sp³-hybridized carbons (Fsp3) is 0.350. The van der Waals surface area contributed by atoms with Crippen molar-refractivity contribution < 1.29 is 14.3 Å². The number of hydrazine groups is 1. The zero-order valence-corrected chi connectivity index (χ0v) is 15.3. The molecule has 0 spiro atoms. The third-order valence-corrected chi connectivity index (χ3v) is 4.71. The molecule has 1 amide bonds. The Kier molecular flexibility index (Phi) is 5.75. The van der Waals surface area contributed by atoms with Crippen LogP contribution in [-0.4, -0.2) is 33.2 Å². The third kappa shape index (κ3) is 3.81. The number of carbonyl (C=O) groups excluding carboxylic acids is 1. The second-order valence-electron chi connectivity index (χ2n) is 6.35. The topological polar surface area (TPSA) is 71.6 Å². The van der Waals surface area contributed by atoms with Crippen molar-refractivity contribution in [3.8, 4) is 11.5 Å². The Labute approximate surface area is 153 Å². The first kappa shape index (κ1) is 18.2. The van der Waals surface area contributed by atoms with Crippen LogP contribution in [-0.2, 0) is 0 Å². The maximum absolute atomic E-state index is 12.7. The smallest absolute Gasteiger partial charge is 0.251 e. The molecule has 0 unspecified atom stereocenters. The van der Waals surface area contributed by atoms with Gasteiger partial charge in [0.15, 0.2) is 0 Å². The van der Waals surface area contributed by atoms with E-state index in [2.05, 4.69) is 16.2 Å². The second kappa shape index (κ2) is 8.21. The first-order valence-corrected chi connectivity index (χ1v) is 8.71. The molecular weight excluding hydrogens is 330 g/mol. The SMILES string of the molecule is COc1cc(C(=O)N[C@@H](C)c2ccccc2OC)ccc1C1CNNC1. The molecule has 0 aromatic heterocycles. The highest BCUT2D eigenvalue weighted by Crippen LogP contribution is 2.29. The minimum atomic E-state index is -0.174. The molecule has 2 aromatic carbocycles. The van der Waals surface area contributed by atoms with E-state index in [4.69, 9.17) is 9.47 Å². The molecule has 0 aliphatic carbocycles. The maximum Gasteiger partial charge on any atom is 0.251 e. The third-order valence-electron chi connectivity index (χ3n) is 4.71. The molecule has 1 atom stereocenters. The van der Waals surface area contributed by atoms with E-state index < -0.39 is 0 Å². The summed E-state index contributed by atoms with van der Waals surface area (Å²) in [7, 11) is 3.26. The van der Waals surface area contributed by atoms with Gasteiger partial charge in [-0.1, -0.05) is 24.3 Å². The minimum absolute atomic E-state index is 0.143. The van der Waals surface area contributed by atoms with Gasteiger partial charge in [0, 0.05) is 30.1 Å². The van der Waals surface area contributed by atoms with E-state index in [1.807, 2.05) is 43.3 Å². The Morgan fingerprint density at radius 3 is 2.46 bits per heavy atom. The molecule has 0 bridgehead atoms. The van der Waals surface area contributed by atoms with E-state index >= 15 is 0 Å². The van der Waals surface area contributed by atoms with Crippen LogP contribution in [0.4, 0.5) is 0 Å². The molecule has 0 radical (unpaired) electrons. The summed E-state index contributed by atoms with van der Waals surface area (Å²) in [4.78, 5) is 12.7. The van der Waals surface area contributed by atoms with Crippen molar-refractivity contribution in [3.05, 3.63) is 59.2 Å². The molecule has 1 aliphatic heterocycles. The van der Waals surface area contributed by atoms with Crippen LogP contribution in [0.25, 0.3) is 0 Å². The molecule has 1 fully saturated rings. The van der Waals surface area contributed by atoms with Gasteiger partial charge in [-0.25, -0.2) is 0 Å². The lowest BCUT2D eigenvalue weighted by atomic mass is 9.97. The van der Waals surface area contributed by atoms with Gasteiger partial charge in [-0.3, -0.25) is 15.6 Å². The molecule has 1 aliphatic rings. The summed E-state index contributed by atoms with van der Waals surface area (Å²) in [5.41, 5.74) is 8.85. The van der Waals surface area contributed by atoms with E-state index in [0.29, 0.717) is 11.5 Å². The average Bonchev–Trinajstić information content (AvgIpc) is 3.21. The highest BCUT2D eigenvalue weighted by molar-refractivity contribution is 5.95. The van der Waals surface area contributed by atoms with Gasteiger partial charge in [0.2, 0.25) is 0 Å². The number of ether oxygens (including phenoxy) is 2. The fourth-order valence-corrected chi connectivity index (χ4v) is 3.25. The molecule has 1 saturated heterocycles. The predicted molar refractivity (Wildman–Crippen MR) is 101 cm³/mol. The first-order chi connectivity index (χ1) is 12.6. The maximum atomic E-state index is 12.7. The van der Waals surface area contributed by atoms with Crippen LogP contribution in [0.15, 0.2) is 42.5 Å². The van der Waals surface area contributed by atoms with Crippen LogP contribution < -0.4 is 25.6 Å². The number of hydrogen-bond acceptors (Lipinski definition) is 5. The van der Waals surface area contributed by atoms with Gasteiger partial charge < -0.3 is 14.8 Å². The van der Waals surface area contributed by atoms with Crippen LogP contribution in [0.5, 0.6) is 11.5 Å². The summed E-state index contributed by atoms with van der Waals surface area (Å²) in [5, 5.41) is 3.03. The summed E-state index contributed by atoms with van der Waals surface area (Å²) >= 11 is 0. The zero-order chi connectivity index (χ0) is 18.5. The van der Waals surface area contributed by atoms with Crippen molar-refractivity contribution in [2.24, 2.45) is 0 Å². The second-order valence-corrected chi connectivity index (χ2v) is 6.35. The molecule has 138 valence electrons. The van der Waals surface area contributed by atoms with Crippen LogP contribution in [0, 0.1) is 0 Å².